The van der Waals surface area contributed by atoms with E-state index in [1.165, 1.54) is 30.5 Å². The predicted molar refractivity (Wildman–Crippen MR) is 168 cm³/mol. The van der Waals surface area contributed by atoms with Gasteiger partial charge < -0.3 is 14.7 Å². The Morgan fingerprint density at radius 3 is 2.83 bits per heavy atom. The van der Waals surface area contributed by atoms with Gasteiger partial charge in [0.2, 0.25) is 0 Å². The summed E-state index contributed by atoms with van der Waals surface area (Å²) in [6.07, 6.45) is 11.3. The van der Waals surface area contributed by atoms with Crippen LogP contribution in [-0.2, 0) is 0 Å². The number of fused-ring (bicyclic) bond motifs is 3. The van der Waals surface area contributed by atoms with Crippen molar-refractivity contribution in [3.05, 3.63) is 47.7 Å². The number of nitrogens with zero attached hydrogens (tertiary/aromatic N) is 6. The van der Waals surface area contributed by atoms with Gasteiger partial charge in [-0.3, -0.25) is 9.88 Å². The van der Waals surface area contributed by atoms with Gasteiger partial charge in [-0.15, -0.1) is 6.42 Å². The average Bonchev–Trinajstić information content (AvgIpc) is 3.46. The lowest BCUT2D eigenvalue weighted by Gasteiger charge is -2.31. The van der Waals surface area contributed by atoms with Gasteiger partial charge in [0.25, 0.3) is 0 Å². The molecule has 3 atom stereocenters. The Kier molecular flexibility index (Phi) is 7.82. The van der Waals surface area contributed by atoms with Crippen LogP contribution in [-0.4, -0.2) is 69.5 Å². The van der Waals surface area contributed by atoms with Gasteiger partial charge in [-0.05, 0) is 68.2 Å². The van der Waals surface area contributed by atoms with E-state index < -0.39 is 23.3 Å². The number of halogens is 3. The fourth-order valence-electron chi connectivity index (χ4n) is 7.63. The van der Waals surface area contributed by atoms with Gasteiger partial charge in [-0.1, -0.05) is 12.0 Å². The maximum atomic E-state index is 16.8. The quantitative estimate of drug-likeness (QED) is 0.250. The minimum absolute atomic E-state index is 0.0315. The van der Waals surface area contributed by atoms with Crippen molar-refractivity contribution in [2.45, 2.75) is 56.7 Å². The van der Waals surface area contributed by atoms with Crippen molar-refractivity contribution in [3.63, 3.8) is 0 Å². The minimum Gasteiger partial charge on any atom is -0.508 e. The zero-order valence-electron chi connectivity index (χ0n) is 25.3. The van der Waals surface area contributed by atoms with Gasteiger partial charge in [0.05, 0.1) is 22.6 Å². The van der Waals surface area contributed by atoms with E-state index in [0.29, 0.717) is 49.1 Å². The number of benzene rings is 2. The van der Waals surface area contributed by atoms with Crippen LogP contribution in [0.4, 0.5) is 19.0 Å². The molecule has 7 rings (SSSR count). The summed E-state index contributed by atoms with van der Waals surface area (Å²) in [5.41, 5.74) is -0.607. The summed E-state index contributed by atoms with van der Waals surface area (Å²) < 4.78 is 52.3. The first-order valence-corrected chi connectivity index (χ1v) is 15.7. The molecule has 0 amide bonds. The van der Waals surface area contributed by atoms with Crippen molar-refractivity contribution in [1.29, 1.82) is 5.26 Å². The molecule has 236 valence electrons. The van der Waals surface area contributed by atoms with Gasteiger partial charge in [0.1, 0.15) is 41.4 Å². The Balaban J connectivity index is 1.36. The van der Waals surface area contributed by atoms with Crippen LogP contribution in [0.1, 0.15) is 50.5 Å². The molecule has 3 fully saturated rings. The molecule has 0 saturated carbocycles. The highest BCUT2D eigenvalue weighted by Gasteiger charge is 2.49. The normalized spacial score (nSPS) is 23.3. The van der Waals surface area contributed by atoms with Gasteiger partial charge >= 0.3 is 6.01 Å². The molecule has 0 radical (unpaired) electrons. The fraction of sp³-hybridized carbons (Fsp3) is 0.429. The summed E-state index contributed by atoms with van der Waals surface area (Å²) in [6.45, 7) is 2.58. The summed E-state index contributed by atoms with van der Waals surface area (Å²) in [5, 5.41) is 20.8. The SMILES string of the molecule is C#Cc1c(F)ccc2cc(O)cc(-c3ncc4c(N5CCCC(CC#N)CC5)nc(OC[C@@]56CCCN5C[C@H](F)C6)nc4c3F)c12. The second-order valence-corrected chi connectivity index (χ2v) is 12.7. The lowest BCUT2D eigenvalue weighted by molar-refractivity contribution is 0.107. The van der Waals surface area contributed by atoms with E-state index in [2.05, 4.69) is 31.8 Å². The van der Waals surface area contributed by atoms with E-state index >= 15 is 4.39 Å². The molecule has 5 heterocycles. The van der Waals surface area contributed by atoms with E-state index in [9.17, 15) is 19.1 Å². The minimum atomic E-state index is -0.934. The molecular formula is C35H33F3N6O2. The largest absolute Gasteiger partial charge is 0.508 e. The van der Waals surface area contributed by atoms with Crippen molar-refractivity contribution in [1.82, 2.24) is 19.9 Å². The lowest BCUT2D eigenvalue weighted by Crippen LogP contribution is -2.43. The highest BCUT2D eigenvalue weighted by atomic mass is 19.1. The lowest BCUT2D eigenvalue weighted by atomic mass is 9.95. The molecule has 11 heteroatoms. The number of phenols is 1. The summed E-state index contributed by atoms with van der Waals surface area (Å²) in [4.78, 5) is 17.9. The van der Waals surface area contributed by atoms with Gasteiger partial charge in [0.15, 0.2) is 5.82 Å². The molecule has 0 aliphatic carbocycles. The fourth-order valence-corrected chi connectivity index (χ4v) is 7.63. The Labute approximate surface area is 264 Å². The third-order valence-corrected chi connectivity index (χ3v) is 9.85. The van der Waals surface area contributed by atoms with E-state index in [1.54, 1.807) is 0 Å². The van der Waals surface area contributed by atoms with Gasteiger partial charge in [-0.25, -0.2) is 13.2 Å². The molecule has 8 nitrogen and oxygen atoms in total. The van der Waals surface area contributed by atoms with Crippen LogP contribution in [0.15, 0.2) is 30.5 Å². The summed E-state index contributed by atoms with van der Waals surface area (Å²) in [6, 6.07) is 7.65. The standard InChI is InChI=1S/C35H33F3N6O2/c1-2-25-28(37)7-6-22-15-24(45)16-26(29(22)25)31-30(38)32-27(18-40-31)33(43-12-3-5-21(8-11-39)9-14-43)42-34(41-32)46-20-35-10-4-13-44(35)19-23(36)17-35/h1,6-7,15-16,18,21,23,45H,3-5,8-10,12-14,17,19-20H2/t21?,23-,35+/m1/s1. The number of aromatic hydroxyl groups is 1. The third-order valence-electron chi connectivity index (χ3n) is 9.85. The molecule has 3 aliphatic rings. The van der Waals surface area contributed by atoms with Gasteiger partial charge in [-0.2, -0.15) is 15.2 Å². The van der Waals surface area contributed by atoms with Crippen LogP contribution in [0, 0.1) is 41.2 Å². The molecule has 4 aromatic rings. The molecular weight excluding hydrogens is 593 g/mol. The molecule has 0 bridgehead atoms. The number of phenolic OH excluding ortho intramolecular Hbond substituents is 1. The molecule has 0 spiro atoms. The van der Waals surface area contributed by atoms with Crippen molar-refractivity contribution < 1.29 is 23.0 Å². The third kappa shape index (κ3) is 5.23. The number of alkyl halides is 1. The molecule has 46 heavy (non-hydrogen) atoms. The van der Waals surface area contributed by atoms with Crippen molar-refractivity contribution in [2.75, 3.05) is 37.7 Å². The first-order valence-electron chi connectivity index (χ1n) is 15.7. The topological polar surface area (TPSA) is 98.4 Å². The highest BCUT2D eigenvalue weighted by molar-refractivity contribution is 6.03. The summed E-state index contributed by atoms with van der Waals surface area (Å²) in [7, 11) is 0. The molecule has 1 unspecified atom stereocenters. The number of hydrogen-bond acceptors (Lipinski definition) is 8. The Morgan fingerprint density at radius 2 is 2.00 bits per heavy atom. The average molecular weight is 627 g/mol. The maximum Gasteiger partial charge on any atom is 0.319 e. The Morgan fingerprint density at radius 1 is 1.13 bits per heavy atom. The summed E-state index contributed by atoms with van der Waals surface area (Å²) in [5.74, 6) is 1.47. The zero-order chi connectivity index (χ0) is 32.0. The zero-order valence-corrected chi connectivity index (χ0v) is 25.3. The molecule has 2 aromatic carbocycles. The van der Waals surface area contributed by atoms with Crippen LogP contribution in [0.3, 0.4) is 0 Å². The second-order valence-electron chi connectivity index (χ2n) is 12.7. The monoisotopic (exact) mass is 626 g/mol. The van der Waals surface area contributed by atoms with Crippen LogP contribution >= 0.6 is 0 Å². The first-order chi connectivity index (χ1) is 22.3. The predicted octanol–water partition coefficient (Wildman–Crippen LogP) is 6.29. The number of rotatable bonds is 6. The molecule has 3 aliphatic heterocycles. The van der Waals surface area contributed by atoms with E-state index in [1.807, 2.05) is 0 Å². The van der Waals surface area contributed by atoms with Crippen molar-refractivity contribution in [2.24, 2.45) is 5.92 Å². The van der Waals surface area contributed by atoms with Crippen LogP contribution in [0.2, 0.25) is 0 Å². The molecule has 2 aromatic heterocycles. The number of nitriles is 1. The first kappa shape index (κ1) is 30.1. The maximum absolute atomic E-state index is 16.8. The molecule has 3 saturated heterocycles. The highest BCUT2D eigenvalue weighted by Crippen LogP contribution is 2.42. The van der Waals surface area contributed by atoms with Crippen LogP contribution in [0.25, 0.3) is 32.9 Å². The number of aromatic nitrogens is 3. The van der Waals surface area contributed by atoms with E-state index in [-0.39, 0.29) is 52.0 Å². The number of anilines is 1. The number of hydrogen-bond donors (Lipinski definition) is 1. The summed E-state index contributed by atoms with van der Waals surface area (Å²) >= 11 is 0. The van der Waals surface area contributed by atoms with E-state index in [4.69, 9.17) is 16.1 Å². The Hall–Kier alpha value is -4.61. The van der Waals surface area contributed by atoms with Crippen molar-refractivity contribution in [3.8, 4) is 41.4 Å². The smallest absolute Gasteiger partial charge is 0.319 e. The molecule has 1 N–H and O–H groups in total. The van der Waals surface area contributed by atoms with Crippen LogP contribution in [0.5, 0.6) is 11.8 Å². The number of pyridine rings is 1. The number of ether oxygens (including phenoxy) is 1. The second kappa shape index (κ2) is 12.0. The van der Waals surface area contributed by atoms with Gasteiger partial charge in [0, 0.05) is 49.6 Å². The van der Waals surface area contributed by atoms with E-state index in [0.717, 1.165) is 38.6 Å². The Bertz CT molecular complexity index is 1920. The van der Waals surface area contributed by atoms with Crippen molar-refractivity contribution >= 4 is 27.5 Å². The van der Waals surface area contributed by atoms with Crippen LogP contribution < -0.4 is 9.64 Å². The number of terminal acetylenes is 1.